The quantitative estimate of drug-likeness (QED) is 0.620. The highest BCUT2D eigenvalue weighted by Crippen LogP contribution is 2.17. The number of hydrogen-bond acceptors (Lipinski definition) is 5. The van der Waals surface area contributed by atoms with Gasteiger partial charge in [-0.05, 0) is 32.4 Å². The maximum atomic E-state index is 12.4. The molecule has 1 N–H and O–H groups in total. The molecule has 0 aliphatic heterocycles. The van der Waals surface area contributed by atoms with Gasteiger partial charge in [0.05, 0.1) is 5.92 Å². The summed E-state index contributed by atoms with van der Waals surface area (Å²) in [5.74, 6) is -0.753. The second-order valence-corrected chi connectivity index (χ2v) is 6.28. The third kappa shape index (κ3) is 7.26. The summed E-state index contributed by atoms with van der Waals surface area (Å²) in [6.07, 6.45) is 2.90. The van der Waals surface area contributed by atoms with Crippen molar-refractivity contribution >= 4 is 11.9 Å². The Hall–Kier alpha value is -1.88. The van der Waals surface area contributed by atoms with Gasteiger partial charge in [0.2, 0.25) is 0 Å². The average Bonchev–Trinajstić information content (AvgIpc) is 2.61. The topological polar surface area (TPSA) is 64.6 Å². The maximum absolute atomic E-state index is 12.4. The van der Waals surface area contributed by atoms with Gasteiger partial charge in [-0.2, -0.15) is 0 Å². The van der Waals surface area contributed by atoms with E-state index in [1.165, 1.54) is 0 Å². The van der Waals surface area contributed by atoms with Crippen molar-refractivity contribution in [2.24, 2.45) is 5.92 Å². The van der Waals surface area contributed by atoms with Gasteiger partial charge < -0.3 is 14.8 Å². The van der Waals surface area contributed by atoms with Crippen LogP contribution in [0.2, 0.25) is 0 Å². The number of esters is 2. The third-order valence-electron chi connectivity index (χ3n) is 4.17. The lowest BCUT2D eigenvalue weighted by Gasteiger charge is -2.24. The molecule has 5 heteroatoms. The first kappa shape index (κ1) is 21.2. The Morgan fingerprint density at radius 1 is 1.04 bits per heavy atom. The van der Waals surface area contributed by atoms with E-state index in [1.807, 2.05) is 30.3 Å². The van der Waals surface area contributed by atoms with E-state index in [4.69, 9.17) is 9.47 Å². The summed E-state index contributed by atoms with van der Waals surface area (Å²) in [4.78, 5) is 24.7. The van der Waals surface area contributed by atoms with Crippen molar-refractivity contribution in [3.05, 3.63) is 35.9 Å². The summed E-state index contributed by atoms with van der Waals surface area (Å²) in [7, 11) is 1.66. The number of likely N-dealkylation sites (N-methyl/N-ethyl adjacent to an activating group) is 1. The van der Waals surface area contributed by atoms with Crippen molar-refractivity contribution in [1.29, 1.82) is 0 Å². The predicted molar refractivity (Wildman–Crippen MR) is 97.9 cm³/mol. The molecule has 25 heavy (non-hydrogen) atoms. The number of nitrogens with one attached hydrogen (secondary N) is 1. The average molecular weight is 349 g/mol. The second-order valence-electron chi connectivity index (χ2n) is 6.28. The Labute approximate surface area is 151 Å². The highest BCUT2D eigenvalue weighted by molar-refractivity contribution is 5.78. The SMILES string of the molecule is CCCC(CCC)C(=O)O[C@H](C)[C@H](NC)C(=O)OCc1ccccc1. The van der Waals surface area contributed by atoms with E-state index in [2.05, 4.69) is 19.2 Å². The Balaban J connectivity index is 2.58. The van der Waals surface area contributed by atoms with Crippen molar-refractivity contribution < 1.29 is 19.1 Å². The number of rotatable bonds is 11. The van der Waals surface area contributed by atoms with E-state index in [9.17, 15) is 9.59 Å². The molecule has 0 radical (unpaired) electrons. The molecule has 0 saturated carbocycles. The van der Waals surface area contributed by atoms with Crippen molar-refractivity contribution in [2.45, 2.75) is 65.2 Å². The first-order valence-corrected chi connectivity index (χ1v) is 9.11. The molecule has 0 unspecified atom stereocenters. The summed E-state index contributed by atoms with van der Waals surface area (Å²) < 4.78 is 10.9. The molecule has 0 aromatic heterocycles. The zero-order valence-corrected chi connectivity index (χ0v) is 15.8. The summed E-state index contributed by atoms with van der Waals surface area (Å²) in [6.45, 7) is 6.03. The summed E-state index contributed by atoms with van der Waals surface area (Å²) >= 11 is 0. The van der Waals surface area contributed by atoms with Crippen LogP contribution in [0.3, 0.4) is 0 Å². The van der Waals surface area contributed by atoms with Gasteiger partial charge in [0, 0.05) is 0 Å². The number of benzene rings is 1. The van der Waals surface area contributed by atoms with Crippen LogP contribution in [0.25, 0.3) is 0 Å². The van der Waals surface area contributed by atoms with Crippen molar-refractivity contribution in [2.75, 3.05) is 7.05 Å². The minimum atomic E-state index is -0.684. The standard InChI is InChI=1S/C20H31NO4/c1-5-10-17(11-6-2)19(22)25-15(3)18(21-4)20(23)24-14-16-12-8-7-9-13-16/h7-9,12-13,15,17-18,21H,5-6,10-11,14H2,1-4H3/t15-,18+/m1/s1. The van der Waals surface area contributed by atoms with Crippen LogP contribution in [-0.2, 0) is 25.7 Å². The van der Waals surface area contributed by atoms with Crippen molar-refractivity contribution in [3.63, 3.8) is 0 Å². The van der Waals surface area contributed by atoms with E-state index in [1.54, 1.807) is 14.0 Å². The van der Waals surface area contributed by atoms with Gasteiger partial charge in [-0.1, -0.05) is 57.0 Å². The lowest BCUT2D eigenvalue weighted by Crippen LogP contribution is -2.46. The van der Waals surface area contributed by atoms with Crippen molar-refractivity contribution in [1.82, 2.24) is 5.32 Å². The molecule has 0 aliphatic carbocycles. The highest BCUT2D eigenvalue weighted by Gasteiger charge is 2.30. The van der Waals surface area contributed by atoms with E-state index in [0.29, 0.717) is 0 Å². The zero-order valence-electron chi connectivity index (χ0n) is 15.8. The van der Waals surface area contributed by atoms with Crippen LogP contribution in [0.4, 0.5) is 0 Å². The number of carbonyl (C=O) groups is 2. The molecule has 0 amide bonds. The van der Waals surface area contributed by atoms with Gasteiger partial charge in [-0.3, -0.25) is 9.59 Å². The molecular weight excluding hydrogens is 318 g/mol. The molecule has 0 spiro atoms. The Kier molecular flexibility index (Phi) is 9.85. The maximum Gasteiger partial charge on any atom is 0.327 e. The second kappa shape index (κ2) is 11.6. The minimum Gasteiger partial charge on any atom is -0.460 e. The Bertz CT molecular complexity index is 512. The smallest absolute Gasteiger partial charge is 0.327 e. The van der Waals surface area contributed by atoms with Gasteiger partial charge in [0.15, 0.2) is 0 Å². The Morgan fingerprint density at radius 3 is 2.16 bits per heavy atom. The molecule has 1 rings (SSSR count). The first-order chi connectivity index (χ1) is 12.0. The van der Waals surface area contributed by atoms with E-state index < -0.39 is 18.1 Å². The summed E-state index contributed by atoms with van der Waals surface area (Å²) in [5, 5.41) is 2.89. The van der Waals surface area contributed by atoms with Crippen LogP contribution in [0.1, 0.15) is 52.0 Å². The van der Waals surface area contributed by atoms with Gasteiger partial charge in [0.1, 0.15) is 18.8 Å². The van der Waals surface area contributed by atoms with Crippen LogP contribution in [0.15, 0.2) is 30.3 Å². The molecule has 0 bridgehead atoms. The predicted octanol–water partition coefficient (Wildman–Crippen LogP) is 3.47. The Morgan fingerprint density at radius 2 is 1.64 bits per heavy atom. The monoisotopic (exact) mass is 349 g/mol. The van der Waals surface area contributed by atoms with Crippen LogP contribution >= 0.6 is 0 Å². The molecule has 1 aromatic carbocycles. The molecule has 0 fully saturated rings. The fourth-order valence-electron chi connectivity index (χ4n) is 2.79. The summed E-state index contributed by atoms with van der Waals surface area (Å²) in [5.41, 5.74) is 0.918. The molecule has 0 heterocycles. The van der Waals surface area contributed by atoms with Crippen molar-refractivity contribution in [3.8, 4) is 0 Å². The minimum absolute atomic E-state index is 0.102. The normalized spacial score (nSPS) is 13.3. The van der Waals surface area contributed by atoms with Crippen LogP contribution in [0, 0.1) is 5.92 Å². The number of hydrogen-bond donors (Lipinski definition) is 1. The van der Waals surface area contributed by atoms with Crippen LogP contribution in [-0.4, -0.2) is 31.1 Å². The van der Waals surface area contributed by atoms with E-state index in [-0.39, 0.29) is 18.5 Å². The number of carbonyl (C=O) groups excluding carboxylic acids is 2. The number of ether oxygens (including phenoxy) is 2. The molecule has 0 aliphatic rings. The zero-order chi connectivity index (χ0) is 18.7. The van der Waals surface area contributed by atoms with Crippen LogP contribution in [0.5, 0.6) is 0 Å². The fourth-order valence-corrected chi connectivity index (χ4v) is 2.79. The summed E-state index contributed by atoms with van der Waals surface area (Å²) in [6, 6.07) is 8.80. The molecule has 140 valence electrons. The lowest BCUT2D eigenvalue weighted by molar-refractivity contribution is -0.161. The van der Waals surface area contributed by atoms with E-state index in [0.717, 1.165) is 31.2 Å². The van der Waals surface area contributed by atoms with Crippen LogP contribution < -0.4 is 5.32 Å². The highest BCUT2D eigenvalue weighted by atomic mass is 16.6. The van der Waals surface area contributed by atoms with Gasteiger partial charge >= 0.3 is 11.9 Å². The fraction of sp³-hybridized carbons (Fsp3) is 0.600. The molecular formula is C20H31NO4. The molecule has 2 atom stereocenters. The molecule has 0 saturated heterocycles. The molecule has 5 nitrogen and oxygen atoms in total. The lowest BCUT2D eigenvalue weighted by atomic mass is 9.98. The van der Waals surface area contributed by atoms with Gasteiger partial charge in [0.25, 0.3) is 0 Å². The van der Waals surface area contributed by atoms with Gasteiger partial charge in [-0.15, -0.1) is 0 Å². The van der Waals surface area contributed by atoms with Gasteiger partial charge in [-0.25, -0.2) is 0 Å². The first-order valence-electron chi connectivity index (χ1n) is 9.11. The van der Waals surface area contributed by atoms with E-state index >= 15 is 0 Å². The third-order valence-corrected chi connectivity index (χ3v) is 4.17. The largest absolute Gasteiger partial charge is 0.460 e. The molecule has 1 aromatic rings.